The van der Waals surface area contributed by atoms with Crippen LogP contribution in [0.4, 0.5) is 0 Å². The van der Waals surface area contributed by atoms with Crippen molar-refractivity contribution in [2.45, 2.75) is 13.5 Å². The molecule has 0 amide bonds. The average Bonchev–Trinajstić information content (AvgIpc) is 3.27. The number of nitrogens with zero attached hydrogens (tertiary/aromatic N) is 1. The first-order valence-electron chi connectivity index (χ1n) is 10.1. The van der Waals surface area contributed by atoms with Crippen molar-refractivity contribution in [2.75, 3.05) is 0 Å². The van der Waals surface area contributed by atoms with Crippen molar-refractivity contribution in [2.24, 2.45) is 7.05 Å². The number of carbonyl (C=O) groups excluding carboxylic acids is 1. The summed E-state index contributed by atoms with van der Waals surface area (Å²) in [5.74, 6) is 1.28. The molecule has 0 bridgehead atoms. The molecule has 5 rings (SSSR count). The van der Waals surface area contributed by atoms with Crippen LogP contribution < -0.4 is 9.47 Å². The molecule has 0 spiro atoms. The van der Waals surface area contributed by atoms with E-state index in [1.807, 2.05) is 49.0 Å². The lowest BCUT2D eigenvalue weighted by Crippen LogP contribution is -2.00. The number of aryl methyl sites for hydroxylation is 1. The smallest absolute Gasteiger partial charge is 0.231 e. The highest BCUT2D eigenvalue weighted by molar-refractivity contribution is 6.35. The fourth-order valence-electron chi connectivity index (χ4n) is 3.97. The Morgan fingerprint density at radius 2 is 1.78 bits per heavy atom. The van der Waals surface area contributed by atoms with Gasteiger partial charge in [0.05, 0.1) is 5.56 Å². The van der Waals surface area contributed by atoms with Gasteiger partial charge in [-0.05, 0) is 43.3 Å². The van der Waals surface area contributed by atoms with Crippen molar-refractivity contribution in [3.05, 3.63) is 98.9 Å². The number of ketones is 1. The van der Waals surface area contributed by atoms with E-state index in [0.29, 0.717) is 38.4 Å². The van der Waals surface area contributed by atoms with Gasteiger partial charge < -0.3 is 14.0 Å². The molecule has 1 aliphatic rings. The number of benzene rings is 3. The highest BCUT2D eigenvalue weighted by atomic mass is 35.5. The standard InChI is InChI=1S/C26H19Cl2NO3/c1-15-23(31-14-19-20(27)7-5-8-21(19)28)11-10-18-25(30)24(32-26(15)18)12-16-13-29(2)22-9-4-3-6-17(16)22/h3-13H,14H2,1-2H3. The van der Waals surface area contributed by atoms with E-state index in [2.05, 4.69) is 0 Å². The summed E-state index contributed by atoms with van der Waals surface area (Å²) in [6, 6.07) is 16.9. The maximum absolute atomic E-state index is 13.0. The summed E-state index contributed by atoms with van der Waals surface area (Å²) in [4.78, 5) is 13.0. The Balaban J connectivity index is 1.45. The minimum Gasteiger partial charge on any atom is -0.488 e. The van der Waals surface area contributed by atoms with Gasteiger partial charge in [-0.15, -0.1) is 0 Å². The lowest BCUT2D eigenvalue weighted by atomic mass is 10.1. The van der Waals surface area contributed by atoms with E-state index in [4.69, 9.17) is 32.7 Å². The molecule has 0 unspecified atom stereocenters. The van der Waals surface area contributed by atoms with Crippen LogP contribution in [0.2, 0.25) is 10.0 Å². The zero-order valence-corrected chi connectivity index (χ0v) is 19.0. The minimum atomic E-state index is -0.142. The summed E-state index contributed by atoms with van der Waals surface area (Å²) in [7, 11) is 1.98. The van der Waals surface area contributed by atoms with Crippen LogP contribution >= 0.6 is 23.2 Å². The highest BCUT2D eigenvalue weighted by Gasteiger charge is 2.30. The molecule has 2 heterocycles. The van der Waals surface area contributed by atoms with E-state index < -0.39 is 0 Å². The summed E-state index contributed by atoms with van der Waals surface area (Å²) in [6.07, 6.45) is 3.79. The minimum absolute atomic E-state index is 0.142. The van der Waals surface area contributed by atoms with Crippen LogP contribution in [0, 0.1) is 6.92 Å². The number of rotatable bonds is 4. The lowest BCUT2D eigenvalue weighted by Gasteiger charge is -2.13. The Bertz CT molecular complexity index is 1400. The topological polar surface area (TPSA) is 40.5 Å². The van der Waals surface area contributed by atoms with Crippen LogP contribution in [0.5, 0.6) is 11.5 Å². The third-order valence-electron chi connectivity index (χ3n) is 5.68. The van der Waals surface area contributed by atoms with E-state index in [-0.39, 0.29) is 12.4 Å². The van der Waals surface area contributed by atoms with Crippen molar-refractivity contribution in [3.63, 3.8) is 0 Å². The van der Waals surface area contributed by atoms with E-state index >= 15 is 0 Å². The first-order chi connectivity index (χ1) is 15.4. The second-order valence-electron chi connectivity index (χ2n) is 7.71. The van der Waals surface area contributed by atoms with Gasteiger partial charge in [0.15, 0.2) is 5.76 Å². The molecule has 1 aliphatic heterocycles. The summed E-state index contributed by atoms with van der Waals surface area (Å²) in [6.45, 7) is 2.08. The van der Waals surface area contributed by atoms with Crippen molar-refractivity contribution in [3.8, 4) is 11.5 Å². The van der Waals surface area contributed by atoms with Gasteiger partial charge in [0, 0.05) is 50.9 Å². The molecule has 3 aromatic carbocycles. The number of fused-ring (bicyclic) bond motifs is 2. The number of carbonyl (C=O) groups is 1. The molecular weight excluding hydrogens is 445 g/mol. The number of hydrogen-bond donors (Lipinski definition) is 0. The van der Waals surface area contributed by atoms with Gasteiger partial charge in [-0.3, -0.25) is 4.79 Å². The molecule has 4 aromatic rings. The van der Waals surface area contributed by atoms with E-state index in [9.17, 15) is 4.79 Å². The van der Waals surface area contributed by atoms with Crippen LogP contribution in [0.25, 0.3) is 17.0 Å². The van der Waals surface area contributed by atoms with Gasteiger partial charge in [0.1, 0.15) is 18.1 Å². The quantitative estimate of drug-likeness (QED) is 0.306. The summed E-state index contributed by atoms with van der Waals surface area (Å²) >= 11 is 12.5. The van der Waals surface area contributed by atoms with Crippen LogP contribution in [-0.2, 0) is 13.7 Å². The molecule has 0 radical (unpaired) electrons. The Hall–Kier alpha value is -3.21. The Kier molecular flexibility index (Phi) is 5.20. The van der Waals surface area contributed by atoms with Gasteiger partial charge in [0.25, 0.3) is 0 Å². The van der Waals surface area contributed by atoms with E-state index in [1.54, 1.807) is 36.4 Å². The average molecular weight is 464 g/mol. The zero-order valence-electron chi connectivity index (χ0n) is 17.5. The molecule has 0 fully saturated rings. The molecule has 6 heteroatoms. The van der Waals surface area contributed by atoms with Gasteiger partial charge in [-0.1, -0.05) is 47.5 Å². The van der Waals surface area contributed by atoms with E-state index in [0.717, 1.165) is 22.0 Å². The van der Waals surface area contributed by atoms with Crippen molar-refractivity contribution in [1.82, 2.24) is 4.57 Å². The number of Topliss-reactive ketones (excluding diaryl/α,β-unsaturated/α-hetero) is 1. The summed E-state index contributed by atoms with van der Waals surface area (Å²) in [5, 5.41) is 2.15. The molecule has 4 nitrogen and oxygen atoms in total. The normalized spacial score (nSPS) is 14.1. The predicted molar refractivity (Wildman–Crippen MR) is 128 cm³/mol. The third kappa shape index (κ3) is 3.46. The molecule has 32 heavy (non-hydrogen) atoms. The SMILES string of the molecule is Cc1c(OCc2c(Cl)cccc2Cl)ccc2c1OC(=Cc1cn(C)c3ccccc13)C2=O. The van der Waals surface area contributed by atoms with Gasteiger partial charge in [-0.25, -0.2) is 0 Å². The second-order valence-corrected chi connectivity index (χ2v) is 8.52. The lowest BCUT2D eigenvalue weighted by molar-refractivity contribution is 0.101. The van der Waals surface area contributed by atoms with Crippen LogP contribution in [-0.4, -0.2) is 10.4 Å². The van der Waals surface area contributed by atoms with Crippen molar-refractivity contribution >= 4 is 46.0 Å². The van der Waals surface area contributed by atoms with Crippen LogP contribution in [0.3, 0.4) is 0 Å². The number of allylic oxidation sites excluding steroid dienone is 1. The summed E-state index contributed by atoms with van der Waals surface area (Å²) in [5.41, 5.74) is 4.01. The van der Waals surface area contributed by atoms with Gasteiger partial charge >= 0.3 is 0 Å². The monoisotopic (exact) mass is 463 g/mol. The Labute approximate surface area is 195 Å². The largest absolute Gasteiger partial charge is 0.488 e. The molecular formula is C26H19Cl2NO3. The maximum atomic E-state index is 13.0. The van der Waals surface area contributed by atoms with Crippen molar-refractivity contribution in [1.29, 1.82) is 0 Å². The molecule has 0 atom stereocenters. The predicted octanol–water partition coefficient (Wildman–Crippen LogP) is 6.99. The van der Waals surface area contributed by atoms with Crippen molar-refractivity contribution < 1.29 is 14.3 Å². The first-order valence-corrected chi connectivity index (χ1v) is 10.9. The Morgan fingerprint density at radius 1 is 1.03 bits per heavy atom. The number of ether oxygens (including phenoxy) is 2. The Morgan fingerprint density at radius 3 is 2.56 bits per heavy atom. The third-order valence-corrected chi connectivity index (χ3v) is 6.39. The second kappa shape index (κ2) is 8.05. The zero-order chi connectivity index (χ0) is 22.4. The number of para-hydroxylation sites is 1. The molecule has 1 aromatic heterocycles. The fourth-order valence-corrected chi connectivity index (χ4v) is 4.48. The number of hydrogen-bond acceptors (Lipinski definition) is 3. The molecule has 0 saturated heterocycles. The number of aromatic nitrogens is 1. The molecule has 0 aliphatic carbocycles. The molecule has 0 saturated carbocycles. The molecule has 160 valence electrons. The summed E-state index contributed by atoms with van der Waals surface area (Å²) < 4.78 is 14.0. The van der Waals surface area contributed by atoms with Gasteiger partial charge in [0.2, 0.25) is 5.78 Å². The van der Waals surface area contributed by atoms with E-state index in [1.165, 1.54) is 0 Å². The van der Waals surface area contributed by atoms with Crippen LogP contribution in [0.15, 0.2) is 66.6 Å². The molecule has 0 N–H and O–H groups in total. The van der Waals surface area contributed by atoms with Crippen LogP contribution in [0.1, 0.15) is 27.0 Å². The fraction of sp³-hybridized carbons (Fsp3) is 0.115. The maximum Gasteiger partial charge on any atom is 0.231 e. The first kappa shape index (κ1) is 20.7. The number of halogens is 2. The van der Waals surface area contributed by atoms with Gasteiger partial charge in [-0.2, -0.15) is 0 Å². The highest BCUT2D eigenvalue weighted by Crippen LogP contribution is 2.40.